The molecule has 2 heterocycles. The highest BCUT2D eigenvalue weighted by atomic mass is 28.5. The van der Waals surface area contributed by atoms with Crippen molar-refractivity contribution in [2.75, 3.05) is 6.61 Å². The van der Waals surface area contributed by atoms with Gasteiger partial charge in [-0.25, -0.2) is 0 Å². The Kier molecular flexibility index (Phi) is 3.00. The van der Waals surface area contributed by atoms with Gasteiger partial charge in [-0.1, -0.05) is 0 Å². The third-order valence-corrected chi connectivity index (χ3v) is 8.25. The van der Waals surface area contributed by atoms with Crippen molar-refractivity contribution in [3.8, 4) is 0 Å². The van der Waals surface area contributed by atoms with Crippen LogP contribution >= 0.6 is 0 Å². The Labute approximate surface area is 97.5 Å². The van der Waals surface area contributed by atoms with Crippen LogP contribution in [-0.2, 0) is 22.5 Å². The van der Waals surface area contributed by atoms with Gasteiger partial charge in [0, 0.05) is 0 Å². The first-order valence-electron chi connectivity index (χ1n) is 5.49. The van der Waals surface area contributed by atoms with Crippen LogP contribution in [0, 0.1) is 0 Å². The van der Waals surface area contributed by atoms with Crippen LogP contribution in [0.5, 0.6) is 0 Å². The van der Waals surface area contributed by atoms with Gasteiger partial charge < -0.3 is 17.7 Å². The van der Waals surface area contributed by atoms with Gasteiger partial charge in [0.05, 0.1) is 19.1 Å². The molecule has 0 bridgehead atoms. The van der Waals surface area contributed by atoms with E-state index in [0.29, 0.717) is 13.0 Å². The average molecular weight is 262 g/mol. The summed E-state index contributed by atoms with van der Waals surface area (Å²) in [7, 11) is -4.36. The monoisotopic (exact) mass is 262 g/mol. The lowest BCUT2D eigenvalue weighted by Gasteiger charge is -2.38. The first kappa shape index (κ1) is 12.2. The molecule has 2 saturated heterocycles. The van der Waals surface area contributed by atoms with Crippen molar-refractivity contribution in [1.82, 2.24) is 0 Å². The molecular weight excluding hydrogens is 244 g/mol. The van der Waals surface area contributed by atoms with E-state index in [-0.39, 0.29) is 18.2 Å². The quantitative estimate of drug-likeness (QED) is 0.484. The molecule has 92 valence electrons. The molecule has 2 rings (SSSR count). The molecule has 5 nitrogen and oxygen atoms in total. The van der Waals surface area contributed by atoms with E-state index in [1.807, 2.05) is 26.2 Å². The first-order valence-corrected chi connectivity index (χ1v) is 11.1. The van der Waals surface area contributed by atoms with E-state index in [2.05, 4.69) is 0 Å². The zero-order valence-electron chi connectivity index (χ0n) is 10.1. The van der Waals surface area contributed by atoms with Crippen molar-refractivity contribution in [1.29, 1.82) is 0 Å². The van der Waals surface area contributed by atoms with E-state index in [9.17, 15) is 4.79 Å². The Hall–Kier alpha value is -0.216. The summed E-state index contributed by atoms with van der Waals surface area (Å²) in [5.41, 5.74) is 0. The predicted molar refractivity (Wildman–Crippen MR) is 61.4 cm³/mol. The van der Waals surface area contributed by atoms with Gasteiger partial charge in [0.1, 0.15) is 6.10 Å². The second-order valence-corrected chi connectivity index (χ2v) is 12.0. The lowest BCUT2D eigenvalue weighted by atomic mass is 10.2. The van der Waals surface area contributed by atoms with Gasteiger partial charge in [-0.05, 0) is 26.2 Å². The molecule has 0 aromatic heterocycles. The van der Waals surface area contributed by atoms with E-state index < -0.39 is 17.1 Å². The normalized spacial score (nSPS) is 37.1. The van der Waals surface area contributed by atoms with Crippen LogP contribution in [0.3, 0.4) is 0 Å². The Bertz CT molecular complexity index is 304. The summed E-state index contributed by atoms with van der Waals surface area (Å²) >= 11 is 0. The maximum absolute atomic E-state index is 11.2. The molecule has 0 aromatic rings. The molecule has 2 unspecified atom stereocenters. The Morgan fingerprint density at radius 2 is 1.81 bits per heavy atom. The minimum Gasteiger partial charge on any atom is -0.457 e. The van der Waals surface area contributed by atoms with Crippen molar-refractivity contribution >= 4 is 23.1 Å². The fraction of sp³-hybridized carbons (Fsp3) is 0.889. The van der Waals surface area contributed by atoms with E-state index in [0.717, 1.165) is 0 Å². The zero-order chi connectivity index (χ0) is 12.0. The van der Waals surface area contributed by atoms with Crippen LogP contribution in [0.1, 0.15) is 6.42 Å². The summed E-state index contributed by atoms with van der Waals surface area (Å²) in [5, 5.41) is 0. The van der Waals surface area contributed by atoms with E-state index in [4.69, 9.17) is 17.7 Å². The maximum Gasteiger partial charge on any atom is 0.323 e. The fourth-order valence-electron chi connectivity index (χ4n) is 2.14. The van der Waals surface area contributed by atoms with Gasteiger partial charge in [0.15, 0.2) is 0 Å². The van der Waals surface area contributed by atoms with Crippen LogP contribution in [-0.4, -0.2) is 41.9 Å². The summed E-state index contributed by atoms with van der Waals surface area (Å²) < 4.78 is 22.9. The maximum atomic E-state index is 11.2. The predicted octanol–water partition coefficient (Wildman–Crippen LogP) is 1.14. The number of fused-ring (bicyclic) bond motifs is 1. The van der Waals surface area contributed by atoms with Gasteiger partial charge in [-0.3, -0.25) is 4.79 Å². The van der Waals surface area contributed by atoms with Crippen LogP contribution < -0.4 is 0 Å². The molecule has 0 spiro atoms. The molecule has 2 aliphatic rings. The van der Waals surface area contributed by atoms with Gasteiger partial charge in [0.2, 0.25) is 0 Å². The number of carbonyl (C=O) groups is 1. The Balaban J connectivity index is 2.15. The molecule has 2 fully saturated rings. The minimum absolute atomic E-state index is 0.195. The molecule has 16 heavy (non-hydrogen) atoms. The summed E-state index contributed by atoms with van der Waals surface area (Å²) in [6.07, 6.45) is -0.135. The molecule has 0 radical (unpaired) electrons. The number of carbonyl (C=O) groups excluding carboxylic acids is 1. The van der Waals surface area contributed by atoms with Gasteiger partial charge in [-0.2, -0.15) is 0 Å². The van der Waals surface area contributed by atoms with Crippen LogP contribution in [0.15, 0.2) is 0 Å². The van der Waals surface area contributed by atoms with E-state index in [1.165, 1.54) is 0 Å². The number of esters is 1. The molecule has 0 amide bonds. The van der Waals surface area contributed by atoms with Crippen LogP contribution in [0.25, 0.3) is 0 Å². The molecule has 0 N–H and O–H groups in total. The third-order valence-electron chi connectivity index (χ3n) is 2.59. The Morgan fingerprint density at radius 3 is 2.50 bits per heavy atom. The fourth-order valence-corrected chi connectivity index (χ4v) is 8.83. The van der Waals surface area contributed by atoms with E-state index >= 15 is 0 Å². The number of hydrogen-bond donors (Lipinski definition) is 0. The lowest BCUT2D eigenvalue weighted by Crippen LogP contribution is -2.55. The standard InChI is InChI=1S/C9H18O5Si2/c1-15(2)11-6-8-7(5-9(10)12-8)13-16(3,4)14-15/h7-8H,5-6H2,1-4H3. The van der Waals surface area contributed by atoms with Crippen LogP contribution in [0.4, 0.5) is 0 Å². The molecule has 0 saturated carbocycles. The van der Waals surface area contributed by atoms with Crippen LogP contribution in [0.2, 0.25) is 26.2 Å². The zero-order valence-corrected chi connectivity index (χ0v) is 12.1. The first-order chi connectivity index (χ1) is 7.27. The van der Waals surface area contributed by atoms with Gasteiger partial charge in [0.25, 0.3) is 0 Å². The van der Waals surface area contributed by atoms with Gasteiger partial charge >= 0.3 is 23.1 Å². The highest BCUT2D eigenvalue weighted by Gasteiger charge is 2.47. The summed E-state index contributed by atoms with van der Waals surface area (Å²) in [6.45, 7) is 8.33. The molecule has 0 aliphatic carbocycles. The smallest absolute Gasteiger partial charge is 0.323 e. The molecular formula is C9H18O5Si2. The Morgan fingerprint density at radius 1 is 1.12 bits per heavy atom. The highest BCUT2D eigenvalue weighted by Crippen LogP contribution is 2.28. The lowest BCUT2D eigenvalue weighted by molar-refractivity contribution is -0.143. The SMILES string of the molecule is C[Si]1(C)OCC2OC(=O)CC2O[Si](C)(C)O1. The second-order valence-electron chi connectivity index (χ2n) is 5.10. The third kappa shape index (κ3) is 2.72. The second kappa shape index (κ2) is 3.92. The summed E-state index contributed by atoms with van der Waals surface area (Å²) in [4.78, 5) is 11.2. The van der Waals surface area contributed by atoms with E-state index in [1.54, 1.807) is 0 Å². The number of hydrogen-bond acceptors (Lipinski definition) is 5. The summed E-state index contributed by atoms with van der Waals surface area (Å²) in [6, 6.07) is 0. The van der Waals surface area contributed by atoms with Crippen molar-refractivity contribution < 1.29 is 22.5 Å². The number of ether oxygens (including phenoxy) is 1. The molecule has 2 aliphatic heterocycles. The number of rotatable bonds is 0. The summed E-state index contributed by atoms with van der Waals surface area (Å²) in [5.74, 6) is -0.204. The molecule has 2 atom stereocenters. The van der Waals surface area contributed by atoms with Crippen molar-refractivity contribution in [3.63, 3.8) is 0 Å². The minimum atomic E-state index is -2.22. The topological polar surface area (TPSA) is 54.0 Å². The van der Waals surface area contributed by atoms with Crippen molar-refractivity contribution in [3.05, 3.63) is 0 Å². The molecule has 0 aromatic carbocycles. The van der Waals surface area contributed by atoms with Crippen molar-refractivity contribution in [2.24, 2.45) is 0 Å². The largest absolute Gasteiger partial charge is 0.457 e. The highest BCUT2D eigenvalue weighted by molar-refractivity contribution is 6.78. The molecule has 7 heteroatoms. The van der Waals surface area contributed by atoms with Gasteiger partial charge in [-0.15, -0.1) is 0 Å². The average Bonchev–Trinajstić information content (AvgIpc) is 2.38. The van der Waals surface area contributed by atoms with Crippen molar-refractivity contribution in [2.45, 2.75) is 44.8 Å².